The van der Waals surface area contributed by atoms with Crippen LogP contribution in [0.4, 0.5) is 0 Å². The number of carboxylic acid groups (broad SMARTS) is 1. The second kappa shape index (κ2) is 13.5. The molecule has 0 unspecified atom stereocenters. The molecule has 9 heteroatoms. The summed E-state index contributed by atoms with van der Waals surface area (Å²) in [6, 6.07) is 12.5. The van der Waals surface area contributed by atoms with Gasteiger partial charge in [0.05, 0.1) is 12.4 Å². The largest absolute Gasteiger partial charge is 1.00 e. The number of para-hydroxylation sites is 1. The molecule has 0 fully saturated rings. The molecule has 3 aromatic rings. The number of rotatable bonds is 5. The van der Waals surface area contributed by atoms with E-state index in [1.807, 2.05) is 0 Å². The third-order valence-corrected chi connectivity index (χ3v) is 3.59. The Balaban J connectivity index is 0.000000907. The van der Waals surface area contributed by atoms with Crippen LogP contribution in [0, 0.1) is 0 Å². The van der Waals surface area contributed by atoms with E-state index in [-0.39, 0.29) is 34.7 Å². The average molecular weight is 452 g/mol. The number of aliphatic imine (C=N–C) groups is 1. The van der Waals surface area contributed by atoms with Crippen LogP contribution < -0.4 is 10.2 Å². The molecule has 0 aliphatic heterocycles. The molecule has 7 nitrogen and oxygen atoms in total. The van der Waals surface area contributed by atoms with Crippen LogP contribution in [0.15, 0.2) is 72.2 Å². The summed E-state index contributed by atoms with van der Waals surface area (Å²) in [6.45, 7) is 0. The van der Waals surface area contributed by atoms with Gasteiger partial charge in [0.25, 0.3) is 0 Å². The standard InChI is InChI=1S/C16H14ClNO3.C3H4N2.Cu.H2O/c17-13-7-5-11(6-8-13)14(9-16(20)21)18-10-12-3-1-2-4-15(12)19;1-2-5-3-4-1;;/h1-8,10,14,19H,9H2,(H,20,21);1-3H,(H,4,5);;1H2/q;;+1;/p-1/t14-;;;/m1.../s1. The summed E-state index contributed by atoms with van der Waals surface area (Å²) >= 11 is 5.81. The molecule has 0 saturated carbocycles. The average Bonchev–Trinajstić information content (AvgIpc) is 3.20. The SMILES string of the molecule is O=C([O-])C[C@@H](N=Cc1ccccc1[O-])c1ccc(Cl)cc1.[Cu+].[OH3+].c1c[nH]cn1. The van der Waals surface area contributed by atoms with Gasteiger partial charge in [0.2, 0.25) is 0 Å². The van der Waals surface area contributed by atoms with Crippen LogP contribution in [-0.4, -0.2) is 22.2 Å². The van der Waals surface area contributed by atoms with Crippen molar-refractivity contribution < 1.29 is 37.6 Å². The van der Waals surface area contributed by atoms with Gasteiger partial charge in [0.1, 0.15) is 0 Å². The molecule has 0 saturated heterocycles. The van der Waals surface area contributed by atoms with Crippen LogP contribution >= 0.6 is 11.6 Å². The summed E-state index contributed by atoms with van der Waals surface area (Å²) in [6.07, 6.45) is 6.21. The molecule has 2 aromatic carbocycles. The quantitative estimate of drug-likeness (QED) is 0.353. The molecule has 0 amide bonds. The fourth-order valence-corrected chi connectivity index (χ4v) is 2.20. The topological polar surface area (TPSA) is 137 Å². The number of halogens is 1. The van der Waals surface area contributed by atoms with Gasteiger partial charge < -0.3 is 25.5 Å². The zero-order valence-electron chi connectivity index (χ0n) is 14.6. The Bertz CT molecular complexity index is 825. The Morgan fingerprint density at radius 1 is 1.21 bits per heavy atom. The molecule has 0 aliphatic carbocycles. The zero-order valence-corrected chi connectivity index (χ0v) is 16.3. The van der Waals surface area contributed by atoms with Gasteiger partial charge in [-0.05, 0) is 23.3 Å². The number of carboxylic acids is 1. The molecule has 0 radical (unpaired) electrons. The first kappa shape index (κ1) is 25.4. The van der Waals surface area contributed by atoms with Crippen molar-refractivity contribution in [3.63, 3.8) is 0 Å². The molecule has 1 heterocycles. The molecular weight excluding hydrogens is 433 g/mol. The van der Waals surface area contributed by atoms with Crippen LogP contribution in [0.1, 0.15) is 23.6 Å². The van der Waals surface area contributed by atoms with Crippen LogP contribution in [0.25, 0.3) is 0 Å². The Morgan fingerprint density at radius 3 is 2.39 bits per heavy atom. The first-order chi connectivity index (χ1) is 12.6. The molecule has 3 rings (SSSR count). The van der Waals surface area contributed by atoms with Gasteiger partial charge in [-0.15, -0.1) is 5.75 Å². The molecule has 152 valence electrons. The van der Waals surface area contributed by atoms with E-state index >= 15 is 0 Å². The number of aliphatic carboxylic acids is 1. The number of aromatic amines is 1. The van der Waals surface area contributed by atoms with Crippen molar-refractivity contribution >= 4 is 23.8 Å². The van der Waals surface area contributed by atoms with Gasteiger partial charge in [-0.25, -0.2) is 4.98 Å². The van der Waals surface area contributed by atoms with Crippen molar-refractivity contribution in [2.45, 2.75) is 12.5 Å². The molecule has 0 spiro atoms. The van der Waals surface area contributed by atoms with Crippen LogP contribution in [-0.2, 0) is 27.3 Å². The maximum absolute atomic E-state index is 11.6. The number of imidazole rings is 1. The Kier molecular flexibility index (Phi) is 12.2. The summed E-state index contributed by atoms with van der Waals surface area (Å²) < 4.78 is 0. The van der Waals surface area contributed by atoms with Crippen LogP contribution in [0.2, 0.25) is 5.02 Å². The summed E-state index contributed by atoms with van der Waals surface area (Å²) in [5.74, 6) is -1.37. The van der Waals surface area contributed by atoms with Crippen LogP contribution in [0.3, 0.4) is 0 Å². The molecule has 1 atom stereocenters. The third kappa shape index (κ3) is 8.83. The van der Waals surface area contributed by atoms with Gasteiger partial charge >= 0.3 is 17.1 Å². The summed E-state index contributed by atoms with van der Waals surface area (Å²) in [4.78, 5) is 21.5. The smallest absolute Gasteiger partial charge is 0.872 e. The first-order valence-corrected chi connectivity index (χ1v) is 8.11. The van der Waals surface area contributed by atoms with Crippen molar-refractivity contribution in [2.24, 2.45) is 4.99 Å². The fourth-order valence-electron chi connectivity index (χ4n) is 2.07. The van der Waals surface area contributed by atoms with Gasteiger partial charge in [-0.2, -0.15) is 0 Å². The first-order valence-electron chi connectivity index (χ1n) is 7.73. The summed E-state index contributed by atoms with van der Waals surface area (Å²) in [5, 5.41) is 23.0. The molecule has 0 aliphatic rings. The van der Waals surface area contributed by atoms with Crippen molar-refractivity contribution in [3.05, 3.63) is 83.4 Å². The van der Waals surface area contributed by atoms with Crippen molar-refractivity contribution in [1.82, 2.24) is 9.97 Å². The van der Waals surface area contributed by atoms with E-state index in [1.165, 1.54) is 12.3 Å². The van der Waals surface area contributed by atoms with E-state index in [1.54, 1.807) is 61.2 Å². The number of carbonyl (C=O) groups is 1. The van der Waals surface area contributed by atoms with E-state index in [0.717, 1.165) is 0 Å². The van der Waals surface area contributed by atoms with E-state index in [2.05, 4.69) is 15.0 Å². The third-order valence-electron chi connectivity index (χ3n) is 3.33. The zero-order chi connectivity index (χ0) is 18.8. The number of benzene rings is 2. The number of aromatic nitrogens is 2. The molecular formula is C19H19ClCuN3O4. The van der Waals surface area contributed by atoms with E-state index in [9.17, 15) is 15.0 Å². The minimum absolute atomic E-state index is 0. The fraction of sp³-hybridized carbons (Fsp3) is 0.105. The summed E-state index contributed by atoms with van der Waals surface area (Å²) in [7, 11) is 0. The van der Waals surface area contributed by atoms with E-state index < -0.39 is 12.0 Å². The number of hydrogen-bond donors (Lipinski definition) is 1. The summed E-state index contributed by atoms with van der Waals surface area (Å²) in [5.41, 5.74) is 1.11. The van der Waals surface area contributed by atoms with Gasteiger partial charge in [-0.1, -0.05) is 48.0 Å². The number of nitrogens with one attached hydrogen (secondary N) is 1. The van der Waals surface area contributed by atoms with Gasteiger partial charge in [0, 0.05) is 36.0 Å². The maximum atomic E-state index is 11.6. The van der Waals surface area contributed by atoms with E-state index in [4.69, 9.17) is 11.6 Å². The minimum Gasteiger partial charge on any atom is -0.872 e. The number of H-pyrrole nitrogens is 1. The van der Waals surface area contributed by atoms with Crippen molar-refractivity contribution in [3.8, 4) is 5.75 Å². The minimum atomic E-state index is -1.21. The number of carbonyl (C=O) groups excluding carboxylic acids is 1. The second-order valence-electron chi connectivity index (χ2n) is 5.22. The normalized spacial score (nSPS) is 10.8. The number of nitrogens with zero attached hydrogens (tertiary/aromatic N) is 2. The van der Waals surface area contributed by atoms with Gasteiger partial charge in [0.15, 0.2) is 0 Å². The van der Waals surface area contributed by atoms with Crippen LogP contribution in [0.5, 0.6) is 5.75 Å². The predicted octanol–water partition coefficient (Wildman–Crippen LogP) is 1.20. The monoisotopic (exact) mass is 451 g/mol. The maximum Gasteiger partial charge on any atom is 1.00 e. The molecule has 4 N–H and O–H groups in total. The van der Waals surface area contributed by atoms with Gasteiger partial charge in [-0.3, -0.25) is 4.99 Å². The molecule has 1 aromatic heterocycles. The Hall–Kier alpha value is -2.64. The van der Waals surface area contributed by atoms with E-state index in [0.29, 0.717) is 16.1 Å². The predicted molar refractivity (Wildman–Crippen MR) is 101 cm³/mol. The Morgan fingerprint density at radius 2 is 1.89 bits per heavy atom. The van der Waals surface area contributed by atoms with Crippen molar-refractivity contribution in [1.29, 1.82) is 0 Å². The number of hydrogen-bond acceptors (Lipinski definition) is 5. The Labute approximate surface area is 177 Å². The molecule has 0 bridgehead atoms. The second-order valence-corrected chi connectivity index (χ2v) is 5.66. The van der Waals surface area contributed by atoms with Crippen molar-refractivity contribution in [2.75, 3.05) is 0 Å². The molecule has 28 heavy (non-hydrogen) atoms.